The molecule has 0 rings (SSSR count). The van der Waals surface area contributed by atoms with Crippen LogP contribution in [0.15, 0.2) is 0 Å². The van der Waals surface area contributed by atoms with E-state index >= 15 is 0 Å². The quantitative estimate of drug-likeness (QED) is 0.568. The Balaban J connectivity index is 3.57. The molecule has 0 aliphatic rings. The molecule has 0 heterocycles. The summed E-state index contributed by atoms with van der Waals surface area (Å²) in [6, 6.07) is 0. The van der Waals surface area contributed by atoms with Gasteiger partial charge in [-0.1, -0.05) is 20.8 Å². The fourth-order valence-electron chi connectivity index (χ4n) is 1.13. The van der Waals surface area contributed by atoms with Crippen molar-refractivity contribution in [1.29, 1.82) is 0 Å². The van der Waals surface area contributed by atoms with Gasteiger partial charge in [0.1, 0.15) is 0 Å². The molecule has 17 heavy (non-hydrogen) atoms. The zero-order chi connectivity index (χ0) is 13.3. The second-order valence-electron chi connectivity index (χ2n) is 5.07. The second-order valence-corrected chi connectivity index (χ2v) is 5.07. The summed E-state index contributed by atoms with van der Waals surface area (Å²) in [5.41, 5.74) is -0.471. The van der Waals surface area contributed by atoms with Crippen molar-refractivity contribution in [2.24, 2.45) is 5.41 Å². The van der Waals surface area contributed by atoms with E-state index in [1.165, 1.54) is 0 Å². The van der Waals surface area contributed by atoms with Crippen LogP contribution < -0.4 is 10.6 Å². The van der Waals surface area contributed by atoms with Crippen molar-refractivity contribution in [1.82, 2.24) is 10.6 Å². The van der Waals surface area contributed by atoms with Gasteiger partial charge in [-0.2, -0.15) is 0 Å². The van der Waals surface area contributed by atoms with Crippen LogP contribution in [0.25, 0.3) is 0 Å². The minimum Gasteiger partial charge on any atom is -0.396 e. The molecule has 0 saturated heterocycles. The third kappa shape index (κ3) is 8.68. The number of aliphatic hydroxyl groups excluding tert-OH is 1. The fourth-order valence-corrected chi connectivity index (χ4v) is 1.13. The molecule has 2 amide bonds. The van der Waals surface area contributed by atoms with Crippen molar-refractivity contribution in [3.63, 3.8) is 0 Å². The zero-order valence-electron chi connectivity index (χ0n) is 11.0. The number of hydrogen-bond donors (Lipinski definition) is 3. The van der Waals surface area contributed by atoms with Gasteiger partial charge in [0.05, 0.1) is 6.54 Å². The summed E-state index contributed by atoms with van der Waals surface area (Å²) in [7, 11) is 0. The molecule has 0 radical (unpaired) electrons. The fraction of sp³-hybridized carbons (Fsp3) is 0.833. The summed E-state index contributed by atoms with van der Waals surface area (Å²) in [5, 5.41) is 13.9. The van der Waals surface area contributed by atoms with Crippen LogP contribution in [0.3, 0.4) is 0 Å². The van der Waals surface area contributed by atoms with E-state index in [4.69, 9.17) is 5.11 Å². The lowest BCUT2D eigenvalue weighted by Gasteiger charge is -2.17. The van der Waals surface area contributed by atoms with E-state index in [1.807, 2.05) is 0 Å². The van der Waals surface area contributed by atoms with Crippen molar-refractivity contribution < 1.29 is 14.7 Å². The summed E-state index contributed by atoms with van der Waals surface area (Å²) < 4.78 is 0. The minimum absolute atomic E-state index is 0.0239. The van der Waals surface area contributed by atoms with Crippen molar-refractivity contribution in [3.8, 4) is 0 Å². The smallest absolute Gasteiger partial charge is 0.239 e. The SMILES string of the molecule is CC(C)(C)C(=O)NCC(=O)NCCCCCO. The topological polar surface area (TPSA) is 78.4 Å². The molecular formula is C12H24N2O3. The predicted octanol–water partition coefficient (Wildman–Crippen LogP) is 0.428. The lowest BCUT2D eigenvalue weighted by atomic mass is 9.96. The highest BCUT2D eigenvalue weighted by molar-refractivity contribution is 5.87. The van der Waals surface area contributed by atoms with Gasteiger partial charge < -0.3 is 15.7 Å². The average Bonchev–Trinajstić information content (AvgIpc) is 2.24. The molecule has 0 bridgehead atoms. The van der Waals surface area contributed by atoms with Gasteiger partial charge in [0.15, 0.2) is 0 Å². The highest BCUT2D eigenvalue weighted by Gasteiger charge is 2.21. The van der Waals surface area contributed by atoms with Crippen LogP contribution in [0.5, 0.6) is 0 Å². The Labute approximate surface area is 103 Å². The van der Waals surface area contributed by atoms with Crippen LogP contribution in [-0.2, 0) is 9.59 Å². The van der Waals surface area contributed by atoms with Crippen LogP contribution >= 0.6 is 0 Å². The van der Waals surface area contributed by atoms with Gasteiger partial charge in [0, 0.05) is 18.6 Å². The molecule has 100 valence electrons. The molecule has 0 fully saturated rings. The third-order valence-electron chi connectivity index (χ3n) is 2.25. The van der Waals surface area contributed by atoms with Gasteiger partial charge in [-0.15, -0.1) is 0 Å². The Kier molecular flexibility index (Phi) is 7.54. The molecule has 0 aromatic rings. The molecule has 0 spiro atoms. The van der Waals surface area contributed by atoms with E-state index in [0.29, 0.717) is 6.54 Å². The van der Waals surface area contributed by atoms with Crippen molar-refractivity contribution in [2.75, 3.05) is 19.7 Å². The molecule has 0 saturated carbocycles. The number of nitrogens with one attached hydrogen (secondary N) is 2. The standard InChI is InChI=1S/C12H24N2O3/c1-12(2,3)11(17)14-9-10(16)13-7-5-4-6-8-15/h15H,4-9H2,1-3H3,(H,13,16)(H,14,17). The zero-order valence-corrected chi connectivity index (χ0v) is 11.0. The Hall–Kier alpha value is -1.10. The maximum Gasteiger partial charge on any atom is 0.239 e. The number of amides is 2. The Morgan fingerprint density at radius 2 is 1.71 bits per heavy atom. The summed E-state index contributed by atoms with van der Waals surface area (Å²) in [6.45, 7) is 6.20. The average molecular weight is 244 g/mol. The summed E-state index contributed by atoms with van der Waals surface area (Å²) in [6.07, 6.45) is 2.50. The first-order valence-corrected chi connectivity index (χ1v) is 6.04. The molecule has 0 aromatic carbocycles. The van der Waals surface area contributed by atoms with E-state index in [0.717, 1.165) is 19.3 Å². The molecule has 0 aromatic heterocycles. The molecule has 5 nitrogen and oxygen atoms in total. The molecule has 0 atom stereocenters. The maximum absolute atomic E-state index is 11.5. The number of carbonyl (C=O) groups excluding carboxylic acids is 2. The van der Waals surface area contributed by atoms with Crippen molar-refractivity contribution in [3.05, 3.63) is 0 Å². The van der Waals surface area contributed by atoms with Gasteiger partial charge >= 0.3 is 0 Å². The van der Waals surface area contributed by atoms with Crippen LogP contribution in [0, 0.1) is 5.41 Å². The van der Waals surface area contributed by atoms with Crippen molar-refractivity contribution in [2.45, 2.75) is 40.0 Å². The molecule has 0 unspecified atom stereocenters. The van der Waals surface area contributed by atoms with Gasteiger partial charge in [-0.05, 0) is 19.3 Å². The second kappa shape index (κ2) is 8.06. The van der Waals surface area contributed by atoms with E-state index in [2.05, 4.69) is 10.6 Å². The third-order valence-corrected chi connectivity index (χ3v) is 2.25. The summed E-state index contributed by atoms with van der Waals surface area (Å²) >= 11 is 0. The van der Waals surface area contributed by atoms with Crippen molar-refractivity contribution >= 4 is 11.8 Å². The van der Waals surface area contributed by atoms with Gasteiger partial charge in [0.25, 0.3) is 0 Å². The van der Waals surface area contributed by atoms with Gasteiger partial charge in [0.2, 0.25) is 11.8 Å². The minimum atomic E-state index is -0.471. The summed E-state index contributed by atoms with van der Waals surface area (Å²) in [4.78, 5) is 22.8. The van der Waals surface area contributed by atoms with E-state index in [-0.39, 0.29) is 25.0 Å². The monoisotopic (exact) mass is 244 g/mol. The summed E-state index contributed by atoms with van der Waals surface area (Å²) in [5.74, 6) is -0.306. The first-order chi connectivity index (χ1) is 7.88. The molecule has 0 aliphatic heterocycles. The molecule has 5 heteroatoms. The first-order valence-electron chi connectivity index (χ1n) is 6.04. The lowest BCUT2D eigenvalue weighted by Crippen LogP contribution is -2.41. The largest absolute Gasteiger partial charge is 0.396 e. The number of carbonyl (C=O) groups is 2. The van der Waals surface area contributed by atoms with Gasteiger partial charge in [-0.25, -0.2) is 0 Å². The molecule has 3 N–H and O–H groups in total. The lowest BCUT2D eigenvalue weighted by molar-refractivity contribution is -0.131. The number of aliphatic hydroxyl groups is 1. The van der Waals surface area contributed by atoms with Crippen LogP contribution in [0.1, 0.15) is 40.0 Å². The Morgan fingerprint density at radius 1 is 1.06 bits per heavy atom. The van der Waals surface area contributed by atoms with Gasteiger partial charge in [-0.3, -0.25) is 9.59 Å². The Morgan fingerprint density at radius 3 is 2.24 bits per heavy atom. The van der Waals surface area contributed by atoms with Crippen LogP contribution in [0.2, 0.25) is 0 Å². The first kappa shape index (κ1) is 15.9. The normalized spacial score (nSPS) is 11.1. The molecule has 0 aliphatic carbocycles. The highest BCUT2D eigenvalue weighted by atomic mass is 16.3. The van der Waals surface area contributed by atoms with E-state index in [9.17, 15) is 9.59 Å². The van der Waals surface area contributed by atoms with E-state index in [1.54, 1.807) is 20.8 Å². The number of unbranched alkanes of at least 4 members (excludes halogenated alkanes) is 2. The van der Waals surface area contributed by atoms with Crippen LogP contribution in [-0.4, -0.2) is 36.6 Å². The van der Waals surface area contributed by atoms with E-state index < -0.39 is 5.41 Å². The van der Waals surface area contributed by atoms with Crippen LogP contribution in [0.4, 0.5) is 0 Å². The molecular weight excluding hydrogens is 220 g/mol. The highest BCUT2D eigenvalue weighted by Crippen LogP contribution is 2.11. The number of hydrogen-bond acceptors (Lipinski definition) is 3. The predicted molar refractivity (Wildman–Crippen MR) is 66.4 cm³/mol. The number of rotatable bonds is 7. The maximum atomic E-state index is 11.5. The Bertz CT molecular complexity index is 247.